The average Bonchev–Trinajstić information content (AvgIpc) is 3.23. The molecule has 3 aromatic rings. The van der Waals surface area contributed by atoms with Gasteiger partial charge in [-0.15, -0.1) is 0 Å². The molecule has 6 nitrogen and oxygen atoms in total. The van der Waals surface area contributed by atoms with E-state index in [9.17, 15) is 18.0 Å². The zero-order chi connectivity index (χ0) is 17.6. The number of amides is 1. The van der Waals surface area contributed by atoms with Crippen molar-refractivity contribution in [2.45, 2.75) is 32.0 Å². The van der Waals surface area contributed by atoms with Gasteiger partial charge in [0.15, 0.2) is 11.5 Å². The lowest BCUT2D eigenvalue weighted by Gasteiger charge is -2.06. The number of nitrogens with zero attached hydrogens (tertiary/aromatic N) is 3. The number of H-pyrrole nitrogens is 1. The second-order valence-corrected chi connectivity index (χ2v) is 5.95. The van der Waals surface area contributed by atoms with E-state index in [0.717, 1.165) is 15.6 Å². The molecule has 2 aromatic heterocycles. The highest BCUT2D eigenvalue weighted by atomic mass is 19.4. The van der Waals surface area contributed by atoms with Gasteiger partial charge in [-0.05, 0) is 31.4 Å². The van der Waals surface area contributed by atoms with Crippen LogP contribution in [-0.4, -0.2) is 25.9 Å². The van der Waals surface area contributed by atoms with Gasteiger partial charge in [0.1, 0.15) is 6.54 Å². The van der Waals surface area contributed by atoms with E-state index < -0.39 is 17.8 Å². The fourth-order valence-corrected chi connectivity index (χ4v) is 3.23. The molecule has 0 atom stereocenters. The summed E-state index contributed by atoms with van der Waals surface area (Å²) >= 11 is 0. The Morgan fingerprint density at radius 2 is 2.08 bits per heavy atom. The van der Waals surface area contributed by atoms with E-state index in [1.54, 1.807) is 6.07 Å². The van der Waals surface area contributed by atoms with Gasteiger partial charge < -0.3 is 5.32 Å². The number of benzene rings is 1. The molecule has 0 fully saturated rings. The highest BCUT2D eigenvalue weighted by Crippen LogP contribution is 2.36. The molecule has 0 saturated heterocycles. The van der Waals surface area contributed by atoms with Crippen LogP contribution in [0.2, 0.25) is 0 Å². The lowest BCUT2D eigenvalue weighted by molar-refractivity contribution is -0.142. The van der Waals surface area contributed by atoms with Crippen LogP contribution in [0.25, 0.3) is 10.9 Å². The first kappa shape index (κ1) is 15.7. The fraction of sp³-hybridized carbons (Fsp3) is 0.312. The third kappa shape index (κ3) is 2.75. The Hall–Kier alpha value is -2.84. The van der Waals surface area contributed by atoms with E-state index in [1.807, 2.05) is 18.2 Å². The summed E-state index contributed by atoms with van der Waals surface area (Å²) in [5.41, 5.74) is 0.593. The zero-order valence-electron chi connectivity index (χ0n) is 13.0. The minimum absolute atomic E-state index is 0.213. The number of carbonyl (C=O) groups excluding carboxylic acids is 1. The highest BCUT2D eigenvalue weighted by Gasteiger charge is 2.40. The van der Waals surface area contributed by atoms with Gasteiger partial charge in [-0.3, -0.25) is 14.6 Å². The number of hydrogen-bond acceptors (Lipinski definition) is 3. The maximum atomic E-state index is 13.1. The first-order valence-corrected chi connectivity index (χ1v) is 7.82. The van der Waals surface area contributed by atoms with Crippen LogP contribution in [0.1, 0.15) is 23.4 Å². The van der Waals surface area contributed by atoms with Crippen LogP contribution in [0.5, 0.6) is 0 Å². The average molecular weight is 349 g/mol. The summed E-state index contributed by atoms with van der Waals surface area (Å²) in [6.45, 7) is -0.278. The minimum atomic E-state index is -4.51. The normalized spacial score (nSPS) is 14.0. The van der Waals surface area contributed by atoms with Gasteiger partial charge in [-0.25, -0.2) is 0 Å². The summed E-state index contributed by atoms with van der Waals surface area (Å²) in [5, 5.41) is 13.8. The van der Waals surface area contributed by atoms with E-state index in [1.165, 1.54) is 0 Å². The summed E-state index contributed by atoms with van der Waals surface area (Å²) in [6, 6.07) is 7.25. The molecule has 4 rings (SSSR count). The lowest BCUT2D eigenvalue weighted by atomic mass is 10.2. The molecule has 1 aliphatic carbocycles. The van der Waals surface area contributed by atoms with Crippen LogP contribution in [0, 0.1) is 0 Å². The van der Waals surface area contributed by atoms with Crippen LogP contribution in [0.3, 0.4) is 0 Å². The first-order valence-electron chi connectivity index (χ1n) is 7.82. The van der Waals surface area contributed by atoms with Gasteiger partial charge in [0.25, 0.3) is 0 Å². The SMILES string of the molecule is O=C(Cn1nc(C(F)(F)F)c2c1CCC2)Nc1n[nH]c2ccccc12. The van der Waals surface area contributed by atoms with Crippen molar-refractivity contribution in [1.29, 1.82) is 0 Å². The summed E-state index contributed by atoms with van der Waals surface area (Å²) < 4.78 is 40.4. The van der Waals surface area contributed by atoms with Crippen LogP contribution in [0.4, 0.5) is 19.0 Å². The molecule has 0 spiro atoms. The number of rotatable bonds is 3. The Bertz CT molecular complexity index is 956. The predicted molar refractivity (Wildman–Crippen MR) is 84.0 cm³/mol. The number of anilines is 1. The standard InChI is InChI=1S/C16H14F3N5O/c17-16(18,19)14-10-5-3-7-12(10)24(23-14)8-13(25)20-15-9-4-1-2-6-11(9)21-22-15/h1-2,4,6H,3,5,7-8H2,(H2,20,21,22,25). The van der Waals surface area contributed by atoms with Gasteiger partial charge in [0, 0.05) is 16.6 Å². The molecule has 0 radical (unpaired) electrons. The third-order valence-corrected chi connectivity index (χ3v) is 4.30. The number of aromatic amines is 1. The van der Waals surface area contributed by atoms with Crippen molar-refractivity contribution in [2.24, 2.45) is 0 Å². The quantitative estimate of drug-likeness (QED) is 0.763. The van der Waals surface area contributed by atoms with Gasteiger partial charge >= 0.3 is 6.18 Å². The van der Waals surface area contributed by atoms with Gasteiger partial charge in [-0.2, -0.15) is 23.4 Å². The van der Waals surface area contributed by atoms with E-state index in [2.05, 4.69) is 20.6 Å². The summed E-state index contributed by atoms with van der Waals surface area (Å²) in [7, 11) is 0. The van der Waals surface area contributed by atoms with Crippen molar-refractivity contribution in [1.82, 2.24) is 20.0 Å². The van der Waals surface area contributed by atoms with Crippen LogP contribution >= 0.6 is 0 Å². The van der Waals surface area contributed by atoms with E-state index >= 15 is 0 Å². The van der Waals surface area contributed by atoms with Crippen molar-refractivity contribution in [3.05, 3.63) is 41.2 Å². The third-order valence-electron chi connectivity index (χ3n) is 4.30. The molecular formula is C16H14F3N5O. The van der Waals surface area contributed by atoms with E-state index in [-0.39, 0.29) is 12.1 Å². The topological polar surface area (TPSA) is 75.6 Å². The smallest absolute Gasteiger partial charge is 0.307 e. The summed E-state index contributed by atoms with van der Waals surface area (Å²) in [6.07, 6.45) is -3.02. The molecule has 1 aliphatic rings. The summed E-state index contributed by atoms with van der Waals surface area (Å²) in [4.78, 5) is 12.3. The number of alkyl halides is 3. The van der Waals surface area contributed by atoms with E-state index in [4.69, 9.17) is 0 Å². The second kappa shape index (κ2) is 5.61. The number of nitrogens with one attached hydrogen (secondary N) is 2. The van der Waals surface area contributed by atoms with Crippen LogP contribution in [-0.2, 0) is 30.4 Å². The molecule has 0 saturated carbocycles. The Morgan fingerprint density at radius 3 is 2.88 bits per heavy atom. The van der Waals surface area contributed by atoms with Crippen molar-refractivity contribution in [2.75, 3.05) is 5.32 Å². The molecule has 1 amide bonds. The molecule has 9 heteroatoms. The van der Waals surface area contributed by atoms with Crippen molar-refractivity contribution in [3.63, 3.8) is 0 Å². The number of hydrogen-bond donors (Lipinski definition) is 2. The Kier molecular flexibility index (Phi) is 3.52. The molecule has 2 heterocycles. The predicted octanol–water partition coefficient (Wildman–Crippen LogP) is 2.91. The largest absolute Gasteiger partial charge is 0.435 e. The van der Waals surface area contributed by atoms with Gasteiger partial charge in [-0.1, -0.05) is 12.1 Å². The van der Waals surface area contributed by atoms with Crippen LogP contribution in [0.15, 0.2) is 24.3 Å². The Morgan fingerprint density at radius 1 is 1.28 bits per heavy atom. The second-order valence-electron chi connectivity index (χ2n) is 5.95. The maximum absolute atomic E-state index is 13.1. The zero-order valence-corrected chi connectivity index (χ0v) is 13.0. The Balaban J connectivity index is 1.57. The summed E-state index contributed by atoms with van der Waals surface area (Å²) in [5.74, 6) is -0.122. The van der Waals surface area contributed by atoms with Gasteiger partial charge in [0.05, 0.1) is 5.52 Å². The number of carbonyl (C=O) groups is 1. The number of halogens is 3. The van der Waals surface area contributed by atoms with Gasteiger partial charge in [0.2, 0.25) is 5.91 Å². The minimum Gasteiger partial charge on any atom is -0.307 e. The molecule has 0 unspecified atom stereocenters. The lowest BCUT2D eigenvalue weighted by Crippen LogP contribution is -2.21. The molecule has 0 bridgehead atoms. The first-order chi connectivity index (χ1) is 11.9. The van der Waals surface area contributed by atoms with E-state index in [0.29, 0.717) is 30.8 Å². The number of para-hydroxylation sites is 1. The molecule has 2 N–H and O–H groups in total. The Labute approximate surface area is 140 Å². The van der Waals surface area contributed by atoms with Crippen LogP contribution < -0.4 is 5.32 Å². The number of aromatic nitrogens is 4. The van der Waals surface area contributed by atoms with Crippen molar-refractivity contribution < 1.29 is 18.0 Å². The molecule has 0 aliphatic heterocycles. The number of fused-ring (bicyclic) bond motifs is 2. The molecule has 25 heavy (non-hydrogen) atoms. The molecule has 1 aromatic carbocycles. The molecule has 130 valence electrons. The monoisotopic (exact) mass is 349 g/mol. The van der Waals surface area contributed by atoms with Crippen molar-refractivity contribution in [3.8, 4) is 0 Å². The molecular weight excluding hydrogens is 335 g/mol. The van der Waals surface area contributed by atoms with Crippen molar-refractivity contribution >= 4 is 22.6 Å². The maximum Gasteiger partial charge on any atom is 0.435 e. The highest BCUT2D eigenvalue weighted by molar-refractivity contribution is 5.99. The fourth-order valence-electron chi connectivity index (χ4n) is 3.23.